The van der Waals surface area contributed by atoms with Crippen molar-refractivity contribution in [2.75, 3.05) is 13.1 Å². The van der Waals surface area contributed by atoms with Gasteiger partial charge in [-0.1, -0.05) is 56.3 Å². The molecule has 2 atom stereocenters. The fourth-order valence-corrected chi connectivity index (χ4v) is 2.88. The van der Waals surface area contributed by atoms with Gasteiger partial charge in [0.05, 0.1) is 0 Å². The molecule has 1 nitrogen and oxygen atoms in total. The number of hydrogen-bond donors (Lipinski definition) is 1. The maximum atomic E-state index is 3.58. The highest BCUT2D eigenvalue weighted by Gasteiger charge is 2.37. The van der Waals surface area contributed by atoms with Gasteiger partial charge >= 0.3 is 0 Å². The highest BCUT2D eigenvalue weighted by molar-refractivity contribution is 5.83. The number of hydrogen-bond acceptors (Lipinski definition) is 1. The van der Waals surface area contributed by atoms with Crippen LogP contribution in [-0.2, 0) is 0 Å². The monoisotopic (exact) mass is 253 g/mol. The average Bonchev–Trinajstić information content (AvgIpc) is 3.17. The largest absolute Gasteiger partial charge is 0.316 e. The van der Waals surface area contributed by atoms with Crippen molar-refractivity contribution in [1.29, 1.82) is 0 Å². The molecule has 2 unspecified atom stereocenters. The van der Waals surface area contributed by atoms with Crippen LogP contribution in [-0.4, -0.2) is 13.1 Å². The molecule has 0 aliphatic heterocycles. The maximum absolute atomic E-state index is 3.58. The summed E-state index contributed by atoms with van der Waals surface area (Å²) in [6.45, 7) is 6.85. The summed E-state index contributed by atoms with van der Waals surface area (Å²) >= 11 is 0. The second-order valence-electron chi connectivity index (χ2n) is 6.26. The van der Waals surface area contributed by atoms with Gasteiger partial charge in [-0.25, -0.2) is 0 Å². The fourth-order valence-electron chi connectivity index (χ4n) is 2.88. The Morgan fingerprint density at radius 1 is 1.11 bits per heavy atom. The fraction of sp³-hybridized carbons (Fsp3) is 0.444. The number of nitrogens with one attached hydrogen (secondary N) is 1. The normalized spacial score (nSPS) is 22.1. The second-order valence-corrected chi connectivity index (χ2v) is 6.26. The van der Waals surface area contributed by atoms with E-state index in [-0.39, 0.29) is 0 Å². The highest BCUT2D eigenvalue weighted by atomic mass is 14.9. The lowest BCUT2D eigenvalue weighted by Crippen LogP contribution is -2.22. The van der Waals surface area contributed by atoms with Crippen molar-refractivity contribution < 1.29 is 0 Å². The third-order valence-corrected chi connectivity index (χ3v) is 4.08. The van der Waals surface area contributed by atoms with Crippen molar-refractivity contribution in [3.8, 4) is 0 Å². The molecule has 0 heterocycles. The van der Waals surface area contributed by atoms with Gasteiger partial charge in [-0.3, -0.25) is 0 Å². The van der Waals surface area contributed by atoms with E-state index in [1.807, 2.05) is 0 Å². The Balaban J connectivity index is 1.63. The Morgan fingerprint density at radius 3 is 2.68 bits per heavy atom. The molecule has 0 bridgehead atoms. The second kappa shape index (κ2) is 5.34. The molecular weight excluding hydrogens is 230 g/mol. The number of benzene rings is 2. The maximum Gasteiger partial charge on any atom is -0.00143 e. The lowest BCUT2D eigenvalue weighted by molar-refractivity contribution is 0.533. The van der Waals surface area contributed by atoms with E-state index in [1.165, 1.54) is 29.3 Å². The van der Waals surface area contributed by atoms with Gasteiger partial charge in [-0.05, 0) is 53.6 Å². The quantitative estimate of drug-likeness (QED) is 0.842. The van der Waals surface area contributed by atoms with Gasteiger partial charge in [0.25, 0.3) is 0 Å². The third-order valence-electron chi connectivity index (χ3n) is 4.08. The minimum atomic E-state index is 0.748. The summed E-state index contributed by atoms with van der Waals surface area (Å²) in [4.78, 5) is 0. The molecule has 1 aliphatic carbocycles. The van der Waals surface area contributed by atoms with E-state index in [9.17, 15) is 0 Å². The smallest absolute Gasteiger partial charge is 0.00143 e. The summed E-state index contributed by atoms with van der Waals surface area (Å²) in [7, 11) is 0. The molecule has 1 aliphatic rings. The van der Waals surface area contributed by atoms with Crippen LogP contribution in [0.3, 0.4) is 0 Å². The Bertz CT molecular complexity index is 558. The van der Waals surface area contributed by atoms with Crippen LogP contribution in [0.5, 0.6) is 0 Å². The van der Waals surface area contributed by atoms with Crippen molar-refractivity contribution in [3.05, 3.63) is 48.0 Å². The molecule has 1 N–H and O–H groups in total. The topological polar surface area (TPSA) is 12.0 Å². The number of rotatable bonds is 5. The van der Waals surface area contributed by atoms with Crippen LogP contribution in [0.25, 0.3) is 10.8 Å². The zero-order valence-electron chi connectivity index (χ0n) is 11.9. The minimum absolute atomic E-state index is 0.748. The summed E-state index contributed by atoms with van der Waals surface area (Å²) in [6, 6.07) is 15.6. The molecular formula is C18H23N. The number of fused-ring (bicyclic) bond motifs is 1. The van der Waals surface area contributed by atoms with E-state index in [2.05, 4.69) is 61.6 Å². The van der Waals surface area contributed by atoms with Gasteiger partial charge in [0.15, 0.2) is 0 Å². The SMILES string of the molecule is CC(C)CNCC1CC1c1ccc2ccccc2c1. The molecule has 1 fully saturated rings. The minimum Gasteiger partial charge on any atom is -0.316 e. The summed E-state index contributed by atoms with van der Waals surface area (Å²) in [6.07, 6.45) is 1.35. The first kappa shape index (κ1) is 12.7. The van der Waals surface area contributed by atoms with E-state index in [0.717, 1.165) is 24.3 Å². The van der Waals surface area contributed by atoms with E-state index >= 15 is 0 Å². The Hall–Kier alpha value is -1.34. The van der Waals surface area contributed by atoms with E-state index < -0.39 is 0 Å². The van der Waals surface area contributed by atoms with Crippen LogP contribution in [0.2, 0.25) is 0 Å². The van der Waals surface area contributed by atoms with Crippen LogP contribution in [0, 0.1) is 11.8 Å². The zero-order valence-corrected chi connectivity index (χ0v) is 11.9. The van der Waals surface area contributed by atoms with Gasteiger partial charge < -0.3 is 5.32 Å². The van der Waals surface area contributed by atoms with Crippen LogP contribution < -0.4 is 5.32 Å². The van der Waals surface area contributed by atoms with Crippen molar-refractivity contribution in [1.82, 2.24) is 5.32 Å². The van der Waals surface area contributed by atoms with Crippen molar-refractivity contribution in [2.24, 2.45) is 11.8 Å². The molecule has 2 aromatic rings. The van der Waals surface area contributed by atoms with Gasteiger partial charge in [0.2, 0.25) is 0 Å². The molecule has 0 saturated heterocycles. The van der Waals surface area contributed by atoms with Crippen molar-refractivity contribution in [3.63, 3.8) is 0 Å². The summed E-state index contributed by atoms with van der Waals surface area (Å²) in [5.41, 5.74) is 1.52. The zero-order chi connectivity index (χ0) is 13.2. The van der Waals surface area contributed by atoms with Gasteiger partial charge in [0, 0.05) is 0 Å². The first-order chi connectivity index (χ1) is 9.24. The summed E-state index contributed by atoms with van der Waals surface area (Å²) < 4.78 is 0. The molecule has 0 radical (unpaired) electrons. The molecule has 0 amide bonds. The average molecular weight is 253 g/mol. The molecule has 1 saturated carbocycles. The molecule has 0 aromatic heterocycles. The summed E-state index contributed by atoms with van der Waals surface area (Å²) in [5, 5.41) is 6.31. The van der Waals surface area contributed by atoms with E-state index in [4.69, 9.17) is 0 Å². The first-order valence-corrected chi connectivity index (χ1v) is 7.43. The molecule has 1 heteroatoms. The highest BCUT2D eigenvalue weighted by Crippen LogP contribution is 2.47. The Labute approximate surface area is 116 Å². The lowest BCUT2D eigenvalue weighted by Gasteiger charge is -2.07. The van der Waals surface area contributed by atoms with Crippen LogP contribution in [0.1, 0.15) is 31.7 Å². The van der Waals surface area contributed by atoms with Crippen LogP contribution >= 0.6 is 0 Å². The predicted molar refractivity (Wildman–Crippen MR) is 82.5 cm³/mol. The van der Waals surface area contributed by atoms with Crippen molar-refractivity contribution >= 4 is 10.8 Å². The van der Waals surface area contributed by atoms with Crippen LogP contribution in [0.15, 0.2) is 42.5 Å². The molecule has 100 valence electrons. The van der Waals surface area contributed by atoms with E-state index in [0.29, 0.717) is 0 Å². The molecule has 3 rings (SSSR count). The van der Waals surface area contributed by atoms with Gasteiger partial charge in [-0.2, -0.15) is 0 Å². The third kappa shape index (κ3) is 2.98. The standard InChI is InChI=1S/C18H23N/c1-13(2)11-19-12-17-10-18(17)16-8-7-14-5-3-4-6-15(14)9-16/h3-9,13,17-19H,10-12H2,1-2H3. The van der Waals surface area contributed by atoms with Crippen LogP contribution in [0.4, 0.5) is 0 Å². The summed E-state index contributed by atoms with van der Waals surface area (Å²) in [5.74, 6) is 2.38. The molecule has 19 heavy (non-hydrogen) atoms. The first-order valence-electron chi connectivity index (χ1n) is 7.43. The lowest BCUT2D eigenvalue weighted by atomic mass is 10.0. The van der Waals surface area contributed by atoms with Gasteiger partial charge in [0.1, 0.15) is 0 Å². The van der Waals surface area contributed by atoms with E-state index in [1.54, 1.807) is 0 Å². The Morgan fingerprint density at radius 2 is 1.89 bits per heavy atom. The molecule has 2 aromatic carbocycles. The predicted octanol–water partition coefficient (Wildman–Crippen LogP) is 4.19. The van der Waals surface area contributed by atoms with Gasteiger partial charge in [-0.15, -0.1) is 0 Å². The van der Waals surface area contributed by atoms with Crippen molar-refractivity contribution in [2.45, 2.75) is 26.2 Å². The Kier molecular flexibility index (Phi) is 3.56. The molecule has 0 spiro atoms.